The first-order chi connectivity index (χ1) is 8.74. The van der Waals surface area contributed by atoms with Gasteiger partial charge in [0.05, 0.1) is 7.11 Å². The van der Waals surface area contributed by atoms with E-state index < -0.39 is 0 Å². The van der Waals surface area contributed by atoms with Crippen LogP contribution in [-0.2, 0) is 6.54 Å². The van der Waals surface area contributed by atoms with E-state index in [1.165, 1.54) is 17.7 Å². The molecule has 0 unspecified atom stereocenters. The van der Waals surface area contributed by atoms with Gasteiger partial charge in [0.1, 0.15) is 11.6 Å². The van der Waals surface area contributed by atoms with Crippen LogP contribution in [-0.4, -0.2) is 14.2 Å². The minimum atomic E-state index is -0.259. The first-order valence-corrected chi connectivity index (χ1v) is 5.82. The largest absolute Gasteiger partial charge is 0.496 e. The Kier molecular flexibility index (Phi) is 3.95. The molecule has 0 aromatic heterocycles. The van der Waals surface area contributed by atoms with Gasteiger partial charge in [0.25, 0.3) is 0 Å². The zero-order chi connectivity index (χ0) is 13.0. The lowest BCUT2D eigenvalue weighted by molar-refractivity contribution is 0.415. The standard InChI is InChI=1S/C15H16FNO/c1-17-10-11-3-5-12(6-4-11)14-9-13(16)7-8-15(14)18-2/h3-9,17H,10H2,1-2H3. The van der Waals surface area contributed by atoms with Crippen molar-refractivity contribution in [2.24, 2.45) is 0 Å². The summed E-state index contributed by atoms with van der Waals surface area (Å²) in [7, 11) is 3.50. The molecule has 0 fully saturated rings. The highest BCUT2D eigenvalue weighted by molar-refractivity contribution is 5.70. The van der Waals surface area contributed by atoms with Crippen LogP contribution >= 0.6 is 0 Å². The lowest BCUT2D eigenvalue weighted by Gasteiger charge is -2.09. The van der Waals surface area contributed by atoms with E-state index in [1.807, 2.05) is 31.3 Å². The Morgan fingerprint density at radius 3 is 2.44 bits per heavy atom. The van der Waals surface area contributed by atoms with Crippen molar-refractivity contribution < 1.29 is 9.13 Å². The summed E-state index contributed by atoms with van der Waals surface area (Å²) in [5, 5.41) is 3.09. The van der Waals surface area contributed by atoms with Crippen molar-refractivity contribution in [2.75, 3.05) is 14.2 Å². The summed E-state index contributed by atoms with van der Waals surface area (Å²) in [6.45, 7) is 0.820. The minimum absolute atomic E-state index is 0.259. The van der Waals surface area contributed by atoms with Gasteiger partial charge in [0.2, 0.25) is 0 Å². The highest BCUT2D eigenvalue weighted by Crippen LogP contribution is 2.30. The Morgan fingerprint density at radius 1 is 1.11 bits per heavy atom. The highest BCUT2D eigenvalue weighted by Gasteiger charge is 2.07. The van der Waals surface area contributed by atoms with Crippen molar-refractivity contribution in [3.05, 3.63) is 53.8 Å². The summed E-state index contributed by atoms with van der Waals surface area (Å²) >= 11 is 0. The van der Waals surface area contributed by atoms with Gasteiger partial charge in [-0.15, -0.1) is 0 Å². The second-order valence-corrected chi connectivity index (χ2v) is 4.07. The second kappa shape index (κ2) is 5.65. The van der Waals surface area contributed by atoms with Crippen molar-refractivity contribution in [2.45, 2.75) is 6.54 Å². The molecule has 1 N–H and O–H groups in total. The van der Waals surface area contributed by atoms with E-state index in [2.05, 4.69) is 5.32 Å². The number of rotatable bonds is 4. The van der Waals surface area contributed by atoms with Gasteiger partial charge in [0.15, 0.2) is 0 Å². The van der Waals surface area contributed by atoms with Crippen LogP contribution in [0, 0.1) is 5.82 Å². The summed E-state index contributed by atoms with van der Waals surface area (Å²) < 4.78 is 18.6. The monoisotopic (exact) mass is 245 g/mol. The minimum Gasteiger partial charge on any atom is -0.496 e. The zero-order valence-corrected chi connectivity index (χ0v) is 10.5. The number of benzene rings is 2. The van der Waals surface area contributed by atoms with Crippen LogP contribution in [0.5, 0.6) is 5.75 Å². The number of halogens is 1. The average molecular weight is 245 g/mol. The van der Waals surface area contributed by atoms with E-state index in [-0.39, 0.29) is 5.82 Å². The molecule has 3 heteroatoms. The molecule has 0 saturated heterocycles. The van der Waals surface area contributed by atoms with Gasteiger partial charge in [-0.3, -0.25) is 0 Å². The van der Waals surface area contributed by atoms with Crippen LogP contribution in [0.15, 0.2) is 42.5 Å². The molecule has 0 aliphatic carbocycles. The van der Waals surface area contributed by atoms with Crippen LogP contribution in [0.2, 0.25) is 0 Å². The van der Waals surface area contributed by atoms with Crippen LogP contribution in [0.3, 0.4) is 0 Å². The fraction of sp³-hybridized carbons (Fsp3) is 0.200. The molecule has 0 aliphatic rings. The molecule has 0 spiro atoms. The van der Waals surface area contributed by atoms with Gasteiger partial charge < -0.3 is 10.1 Å². The van der Waals surface area contributed by atoms with Crippen molar-refractivity contribution in [3.63, 3.8) is 0 Å². The second-order valence-electron chi connectivity index (χ2n) is 4.07. The molecule has 0 radical (unpaired) electrons. The molecule has 2 rings (SSSR count). The van der Waals surface area contributed by atoms with Crippen molar-refractivity contribution >= 4 is 0 Å². The topological polar surface area (TPSA) is 21.3 Å². The fourth-order valence-corrected chi connectivity index (χ4v) is 1.91. The maximum atomic E-state index is 13.3. The fourth-order valence-electron chi connectivity index (χ4n) is 1.91. The van der Waals surface area contributed by atoms with Gasteiger partial charge in [-0.25, -0.2) is 4.39 Å². The number of hydrogen-bond acceptors (Lipinski definition) is 2. The van der Waals surface area contributed by atoms with Gasteiger partial charge >= 0.3 is 0 Å². The first-order valence-electron chi connectivity index (χ1n) is 5.82. The number of nitrogens with one attached hydrogen (secondary N) is 1. The molecule has 2 aromatic rings. The molecule has 0 amide bonds. The smallest absolute Gasteiger partial charge is 0.126 e. The third-order valence-electron chi connectivity index (χ3n) is 2.81. The summed E-state index contributed by atoms with van der Waals surface area (Å²) in [5.41, 5.74) is 2.91. The van der Waals surface area contributed by atoms with E-state index in [0.29, 0.717) is 5.75 Å². The summed E-state index contributed by atoms with van der Waals surface area (Å²) in [6, 6.07) is 12.5. The molecule has 2 nitrogen and oxygen atoms in total. The van der Waals surface area contributed by atoms with E-state index in [0.717, 1.165) is 17.7 Å². The zero-order valence-electron chi connectivity index (χ0n) is 10.5. The molecular formula is C15H16FNO. The Labute approximate surface area is 106 Å². The SMILES string of the molecule is CNCc1ccc(-c2cc(F)ccc2OC)cc1. The Balaban J connectivity index is 2.38. The Hall–Kier alpha value is -1.87. The van der Waals surface area contributed by atoms with E-state index in [1.54, 1.807) is 13.2 Å². The first kappa shape index (κ1) is 12.6. The number of hydrogen-bond donors (Lipinski definition) is 1. The molecule has 2 aromatic carbocycles. The predicted octanol–water partition coefficient (Wildman–Crippen LogP) is 3.22. The maximum absolute atomic E-state index is 13.3. The third kappa shape index (κ3) is 2.68. The molecular weight excluding hydrogens is 229 g/mol. The lowest BCUT2D eigenvalue weighted by Crippen LogP contribution is -2.04. The molecule has 94 valence electrons. The summed E-state index contributed by atoms with van der Waals surface area (Å²) in [6.07, 6.45) is 0. The predicted molar refractivity (Wildman–Crippen MR) is 71.2 cm³/mol. The molecule has 18 heavy (non-hydrogen) atoms. The van der Waals surface area contributed by atoms with Crippen LogP contribution in [0.1, 0.15) is 5.56 Å². The lowest BCUT2D eigenvalue weighted by atomic mass is 10.0. The quantitative estimate of drug-likeness (QED) is 0.893. The van der Waals surface area contributed by atoms with Crippen molar-refractivity contribution in [1.82, 2.24) is 5.32 Å². The maximum Gasteiger partial charge on any atom is 0.126 e. The number of ether oxygens (including phenoxy) is 1. The Bertz CT molecular complexity index is 523. The van der Waals surface area contributed by atoms with Crippen LogP contribution in [0.4, 0.5) is 4.39 Å². The summed E-state index contributed by atoms with van der Waals surface area (Å²) in [5.74, 6) is 0.419. The van der Waals surface area contributed by atoms with E-state index in [4.69, 9.17) is 4.74 Å². The van der Waals surface area contributed by atoms with Gasteiger partial charge in [0, 0.05) is 12.1 Å². The molecule has 0 atom stereocenters. The molecule has 0 aliphatic heterocycles. The number of methoxy groups -OCH3 is 1. The third-order valence-corrected chi connectivity index (χ3v) is 2.81. The average Bonchev–Trinajstić information content (AvgIpc) is 2.40. The van der Waals surface area contributed by atoms with E-state index in [9.17, 15) is 4.39 Å². The highest BCUT2D eigenvalue weighted by atomic mass is 19.1. The Morgan fingerprint density at radius 2 is 1.83 bits per heavy atom. The van der Waals surface area contributed by atoms with Crippen LogP contribution in [0.25, 0.3) is 11.1 Å². The van der Waals surface area contributed by atoms with Crippen molar-refractivity contribution in [3.8, 4) is 16.9 Å². The normalized spacial score (nSPS) is 10.4. The van der Waals surface area contributed by atoms with Crippen LogP contribution < -0.4 is 10.1 Å². The molecule has 0 bridgehead atoms. The van der Waals surface area contributed by atoms with Gasteiger partial charge in [-0.05, 0) is 36.4 Å². The van der Waals surface area contributed by atoms with Gasteiger partial charge in [-0.1, -0.05) is 24.3 Å². The summed E-state index contributed by atoms with van der Waals surface area (Å²) in [4.78, 5) is 0. The van der Waals surface area contributed by atoms with E-state index >= 15 is 0 Å². The molecule has 0 saturated carbocycles. The van der Waals surface area contributed by atoms with Crippen molar-refractivity contribution in [1.29, 1.82) is 0 Å². The van der Waals surface area contributed by atoms with Gasteiger partial charge in [-0.2, -0.15) is 0 Å². The molecule has 0 heterocycles.